The molecule has 0 spiro atoms. The number of rotatable bonds is 4. The summed E-state index contributed by atoms with van der Waals surface area (Å²) in [4.78, 5) is 9.96. The van der Waals surface area contributed by atoms with E-state index in [0.29, 0.717) is 11.8 Å². The van der Waals surface area contributed by atoms with E-state index in [4.69, 9.17) is 10.5 Å². The lowest BCUT2D eigenvalue weighted by atomic mass is 9.91. The number of hydrogen-bond donors (Lipinski definition) is 1. The van der Waals surface area contributed by atoms with Crippen LogP contribution in [0.1, 0.15) is 12.8 Å². The van der Waals surface area contributed by atoms with E-state index in [0.717, 1.165) is 0 Å². The highest BCUT2D eigenvalue weighted by molar-refractivity contribution is 5.43. The third kappa shape index (κ3) is 2.97. The molecule has 0 radical (unpaired) electrons. The fourth-order valence-electron chi connectivity index (χ4n) is 2.28. The van der Waals surface area contributed by atoms with Crippen LogP contribution in [-0.4, -0.2) is 36.1 Å². The van der Waals surface area contributed by atoms with Crippen molar-refractivity contribution in [1.82, 2.24) is 9.97 Å². The van der Waals surface area contributed by atoms with Crippen LogP contribution in [0.2, 0.25) is 0 Å². The van der Waals surface area contributed by atoms with Gasteiger partial charge < -0.3 is 15.4 Å². The van der Waals surface area contributed by atoms with Gasteiger partial charge in [-0.2, -0.15) is 9.97 Å². The number of halogens is 2. The Bertz CT molecular complexity index is 495. The Balaban J connectivity index is 2.21. The van der Waals surface area contributed by atoms with Gasteiger partial charge in [-0.25, -0.2) is 8.78 Å². The van der Waals surface area contributed by atoms with Crippen LogP contribution >= 0.6 is 0 Å². The predicted octanol–water partition coefficient (Wildman–Crippen LogP) is 2.11. The Morgan fingerprint density at radius 3 is 3.00 bits per heavy atom. The van der Waals surface area contributed by atoms with Crippen LogP contribution in [0.3, 0.4) is 0 Å². The molecule has 1 saturated heterocycles. The summed E-state index contributed by atoms with van der Waals surface area (Å²) in [6.07, 6.45) is 1.54. The molecule has 0 bridgehead atoms. The summed E-state index contributed by atoms with van der Waals surface area (Å²) in [6.45, 7) is 3.90. The van der Waals surface area contributed by atoms with Gasteiger partial charge in [-0.1, -0.05) is 6.08 Å². The van der Waals surface area contributed by atoms with Crippen LogP contribution in [0.25, 0.3) is 0 Å². The summed E-state index contributed by atoms with van der Waals surface area (Å²) in [5, 5.41) is 0. The van der Waals surface area contributed by atoms with Crippen molar-refractivity contribution in [2.24, 2.45) is 5.92 Å². The number of anilines is 2. The topological polar surface area (TPSA) is 64.3 Å². The van der Waals surface area contributed by atoms with Crippen molar-refractivity contribution in [2.75, 3.05) is 30.8 Å². The monoisotopic (exact) mass is 284 g/mol. The van der Waals surface area contributed by atoms with Gasteiger partial charge in [0.15, 0.2) is 0 Å². The van der Waals surface area contributed by atoms with Crippen molar-refractivity contribution in [3.8, 4) is 5.88 Å². The average molecular weight is 284 g/mol. The molecule has 2 rings (SSSR count). The lowest BCUT2D eigenvalue weighted by Crippen LogP contribution is -2.47. The Hall–Kier alpha value is -1.92. The summed E-state index contributed by atoms with van der Waals surface area (Å²) >= 11 is 0. The van der Waals surface area contributed by atoms with Crippen molar-refractivity contribution in [2.45, 2.75) is 18.8 Å². The van der Waals surface area contributed by atoms with E-state index in [1.807, 2.05) is 0 Å². The van der Waals surface area contributed by atoms with Gasteiger partial charge in [-0.05, 0) is 6.42 Å². The van der Waals surface area contributed by atoms with Gasteiger partial charge in [0.1, 0.15) is 5.82 Å². The first-order chi connectivity index (χ1) is 9.46. The molecule has 2 N–H and O–H groups in total. The van der Waals surface area contributed by atoms with E-state index in [2.05, 4.69) is 16.5 Å². The van der Waals surface area contributed by atoms with Crippen molar-refractivity contribution < 1.29 is 13.5 Å². The number of aromatic nitrogens is 2. The predicted molar refractivity (Wildman–Crippen MR) is 73.1 cm³/mol. The zero-order valence-electron chi connectivity index (χ0n) is 11.4. The molecule has 1 aliphatic rings. The summed E-state index contributed by atoms with van der Waals surface area (Å²) in [7, 11) is 1.47. The number of allylic oxidation sites excluding steroid dienone is 1. The summed E-state index contributed by atoms with van der Waals surface area (Å²) in [6, 6.07) is 1.49. The molecule has 7 heteroatoms. The second kappa shape index (κ2) is 5.60. The molecule has 1 aliphatic heterocycles. The summed E-state index contributed by atoms with van der Waals surface area (Å²) in [5.74, 6) is -2.57. The highest BCUT2D eigenvalue weighted by Gasteiger charge is 2.43. The molecular weight excluding hydrogens is 266 g/mol. The van der Waals surface area contributed by atoms with Crippen molar-refractivity contribution in [1.29, 1.82) is 0 Å². The fraction of sp³-hybridized carbons (Fsp3) is 0.538. The van der Waals surface area contributed by atoms with E-state index < -0.39 is 11.8 Å². The third-order valence-corrected chi connectivity index (χ3v) is 3.41. The van der Waals surface area contributed by atoms with E-state index in [-0.39, 0.29) is 31.7 Å². The van der Waals surface area contributed by atoms with Gasteiger partial charge in [0.05, 0.1) is 7.11 Å². The molecule has 0 amide bonds. The maximum absolute atomic E-state index is 13.8. The van der Waals surface area contributed by atoms with E-state index in [9.17, 15) is 8.78 Å². The zero-order valence-corrected chi connectivity index (χ0v) is 11.4. The van der Waals surface area contributed by atoms with Crippen molar-refractivity contribution in [3.63, 3.8) is 0 Å². The zero-order chi connectivity index (χ0) is 14.8. The van der Waals surface area contributed by atoms with Crippen LogP contribution in [0.5, 0.6) is 5.88 Å². The van der Waals surface area contributed by atoms with Gasteiger partial charge in [-0.15, -0.1) is 6.58 Å². The fourth-order valence-corrected chi connectivity index (χ4v) is 2.28. The first kappa shape index (κ1) is 14.5. The average Bonchev–Trinajstić information content (AvgIpc) is 2.40. The van der Waals surface area contributed by atoms with Gasteiger partial charge in [0, 0.05) is 31.5 Å². The van der Waals surface area contributed by atoms with E-state index in [1.165, 1.54) is 19.3 Å². The molecule has 1 unspecified atom stereocenters. The SMILES string of the molecule is C=CCC1CN(c2nc(N)cc(OC)n2)CCC1(F)F. The number of methoxy groups -OCH3 is 1. The molecule has 1 fully saturated rings. The molecule has 2 heterocycles. The Morgan fingerprint density at radius 2 is 2.35 bits per heavy atom. The lowest BCUT2D eigenvalue weighted by Gasteiger charge is -2.38. The van der Waals surface area contributed by atoms with Gasteiger partial charge >= 0.3 is 0 Å². The quantitative estimate of drug-likeness (QED) is 0.858. The van der Waals surface area contributed by atoms with Gasteiger partial charge in [0.25, 0.3) is 5.92 Å². The number of nitrogen functional groups attached to an aromatic ring is 1. The smallest absolute Gasteiger partial charge is 0.254 e. The third-order valence-electron chi connectivity index (χ3n) is 3.41. The largest absolute Gasteiger partial charge is 0.481 e. The number of alkyl halides is 2. The standard InChI is InChI=1S/C13H18F2N4O/c1-3-4-9-8-19(6-5-13(9,14)15)12-17-10(16)7-11(18-12)20-2/h3,7,9H,1,4-6,8H2,2H3,(H2,16,17,18). The molecule has 0 aromatic carbocycles. The highest BCUT2D eigenvalue weighted by atomic mass is 19.3. The molecule has 0 saturated carbocycles. The van der Waals surface area contributed by atoms with E-state index in [1.54, 1.807) is 4.90 Å². The highest BCUT2D eigenvalue weighted by Crippen LogP contribution is 2.36. The van der Waals surface area contributed by atoms with Crippen LogP contribution in [0, 0.1) is 5.92 Å². The molecule has 1 aromatic heterocycles. The second-order valence-corrected chi connectivity index (χ2v) is 4.81. The molecule has 5 nitrogen and oxygen atoms in total. The van der Waals surface area contributed by atoms with Crippen LogP contribution < -0.4 is 15.4 Å². The van der Waals surface area contributed by atoms with Gasteiger partial charge in [-0.3, -0.25) is 0 Å². The molecule has 20 heavy (non-hydrogen) atoms. The normalized spacial score (nSPS) is 21.6. The van der Waals surface area contributed by atoms with Crippen LogP contribution in [0.15, 0.2) is 18.7 Å². The number of ether oxygens (including phenoxy) is 1. The first-order valence-electron chi connectivity index (χ1n) is 6.38. The Morgan fingerprint density at radius 1 is 1.60 bits per heavy atom. The first-order valence-corrected chi connectivity index (χ1v) is 6.38. The van der Waals surface area contributed by atoms with Crippen molar-refractivity contribution >= 4 is 11.8 Å². The minimum Gasteiger partial charge on any atom is -0.481 e. The van der Waals surface area contributed by atoms with Gasteiger partial charge in [0.2, 0.25) is 11.8 Å². The minimum absolute atomic E-state index is 0.172. The number of hydrogen-bond acceptors (Lipinski definition) is 5. The van der Waals surface area contributed by atoms with Crippen LogP contribution in [0.4, 0.5) is 20.5 Å². The Labute approximate surface area is 116 Å². The summed E-state index contributed by atoms with van der Waals surface area (Å²) < 4.78 is 32.6. The van der Waals surface area contributed by atoms with Crippen LogP contribution in [-0.2, 0) is 0 Å². The maximum atomic E-state index is 13.8. The molecular formula is C13H18F2N4O. The number of nitrogens with two attached hydrogens (primary N) is 1. The Kier molecular flexibility index (Phi) is 4.06. The minimum atomic E-state index is -2.69. The van der Waals surface area contributed by atoms with E-state index >= 15 is 0 Å². The number of piperidine rings is 1. The second-order valence-electron chi connectivity index (χ2n) is 4.81. The lowest BCUT2D eigenvalue weighted by molar-refractivity contribution is -0.0710. The molecule has 1 aromatic rings. The molecule has 0 aliphatic carbocycles. The summed E-state index contributed by atoms with van der Waals surface area (Å²) in [5.41, 5.74) is 5.67. The van der Waals surface area contributed by atoms with Crippen molar-refractivity contribution in [3.05, 3.63) is 18.7 Å². The molecule has 1 atom stereocenters. The number of nitrogens with zero attached hydrogens (tertiary/aromatic N) is 3. The molecule has 110 valence electrons. The maximum Gasteiger partial charge on any atom is 0.254 e.